The van der Waals surface area contributed by atoms with Crippen molar-refractivity contribution in [3.63, 3.8) is 0 Å². The van der Waals surface area contributed by atoms with E-state index in [1.54, 1.807) is 6.20 Å². The van der Waals surface area contributed by atoms with Crippen molar-refractivity contribution >= 4 is 17.5 Å². The van der Waals surface area contributed by atoms with Crippen molar-refractivity contribution in [3.05, 3.63) is 30.0 Å². The second-order valence-electron chi connectivity index (χ2n) is 3.95. The van der Waals surface area contributed by atoms with E-state index in [1.807, 2.05) is 25.1 Å². The van der Waals surface area contributed by atoms with Gasteiger partial charge in [-0.3, -0.25) is 0 Å². The zero-order chi connectivity index (χ0) is 12.5. The molecule has 6 heteroatoms. The molecule has 2 heterocycles. The van der Waals surface area contributed by atoms with E-state index < -0.39 is 0 Å². The van der Waals surface area contributed by atoms with Gasteiger partial charge in [0, 0.05) is 23.5 Å². The number of nitrogen functional groups attached to an aromatic ring is 1. The molecule has 1 aromatic carbocycles. The van der Waals surface area contributed by atoms with E-state index in [0.29, 0.717) is 17.5 Å². The van der Waals surface area contributed by atoms with Crippen molar-refractivity contribution in [1.82, 2.24) is 9.97 Å². The fraction of sp³-hybridized carbons (Fsp3) is 0.167. The van der Waals surface area contributed by atoms with Gasteiger partial charge in [-0.25, -0.2) is 4.98 Å². The van der Waals surface area contributed by atoms with Crippen LogP contribution in [-0.4, -0.2) is 16.8 Å². The van der Waals surface area contributed by atoms with Gasteiger partial charge in [-0.1, -0.05) is 0 Å². The maximum atomic E-state index is 5.73. The van der Waals surface area contributed by atoms with E-state index in [0.717, 1.165) is 17.0 Å². The molecule has 0 radical (unpaired) electrons. The highest BCUT2D eigenvalue weighted by atomic mass is 16.7. The van der Waals surface area contributed by atoms with Gasteiger partial charge in [0.15, 0.2) is 11.5 Å². The fourth-order valence-corrected chi connectivity index (χ4v) is 1.62. The van der Waals surface area contributed by atoms with E-state index >= 15 is 0 Å². The Hall–Kier alpha value is -2.50. The molecule has 18 heavy (non-hydrogen) atoms. The lowest BCUT2D eigenvalue weighted by atomic mass is 10.3. The van der Waals surface area contributed by atoms with E-state index in [1.165, 1.54) is 0 Å². The highest BCUT2D eigenvalue weighted by molar-refractivity contribution is 5.61. The number of nitrogens with two attached hydrogens (primary N) is 1. The van der Waals surface area contributed by atoms with Crippen LogP contribution in [0.15, 0.2) is 24.4 Å². The third kappa shape index (κ3) is 1.88. The van der Waals surface area contributed by atoms with Gasteiger partial charge < -0.3 is 20.5 Å². The summed E-state index contributed by atoms with van der Waals surface area (Å²) in [6, 6.07) is 5.54. The van der Waals surface area contributed by atoms with E-state index in [9.17, 15) is 0 Å². The number of ether oxygens (including phenoxy) is 2. The number of rotatable bonds is 2. The van der Waals surface area contributed by atoms with Crippen LogP contribution in [0.2, 0.25) is 0 Å². The minimum absolute atomic E-state index is 0.257. The van der Waals surface area contributed by atoms with Crippen LogP contribution in [0, 0.1) is 6.92 Å². The smallest absolute Gasteiger partial charge is 0.231 e. The standard InChI is InChI=1S/C12H12N4O2/c1-7-5-14-12(16-11(7)13)15-8-2-3-9-10(4-8)18-6-17-9/h2-5H,6H2,1H3,(H3,13,14,15,16). The summed E-state index contributed by atoms with van der Waals surface area (Å²) >= 11 is 0. The predicted octanol–water partition coefficient (Wildman–Crippen LogP) is 1.84. The van der Waals surface area contributed by atoms with Crippen LogP contribution in [-0.2, 0) is 0 Å². The lowest BCUT2D eigenvalue weighted by molar-refractivity contribution is 0.174. The van der Waals surface area contributed by atoms with Crippen molar-refractivity contribution in [2.45, 2.75) is 6.92 Å². The number of aryl methyl sites for hydroxylation is 1. The summed E-state index contributed by atoms with van der Waals surface area (Å²) in [5.41, 5.74) is 7.40. The van der Waals surface area contributed by atoms with Crippen LogP contribution in [0.4, 0.5) is 17.5 Å². The first kappa shape index (κ1) is 10.6. The topological polar surface area (TPSA) is 82.3 Å². The van der Waals surface area contributed by atoms with Crippen molar-refractivity contribution in [2.75, 3.05) is 17.8 Å². The second kappa shape index (κ2) is 4.06. The first-order valence-electron chi connectivity index (χ1n) is 5.48. The van der Waals surface area contributed by atoms with Crippen molar-refractivity contribution in [3.8, 4) is 11.5 Å². The van der Waals surface area contributed by atoms with Gasteiger partial charge in [0.2, 0.25) is 12.7 Å². The molecule has 3 N–H and O–H groups in total. The van der Waals surface area contributed by atoms with Crippen LogP contribution < -0.4 is 20.5 Å². The Labute approximate surface area is 104 Å². The Balaban J connectivity index is 1.85. The van der Waals surface area contributed by atoms with Crippen LogP contribution in [0.25, 0.3) is 0 Å². The molecular formula is C12H12N4O2. The molecule has 2 aromatic rings. The molecule has 0 amide bonds. The first-order valence-corrected chi connectivity index (χ1v) is 5.48. The Morgan fingerprint density at radius 3 is 2.94 bits per heavy atom. The summed E-state index contributed by atoms with van der Waals surface area (Å²) in [5.74, 6) is 2.37. The number of hydrogen-bond donors (Lipinski definition) is 2. The van der Waals surface area contributed by atoms with Gasteiger partial charge in [0.25, 0.3) is 0 Å². The molecule has 92 valence electrons. The summed E-state index contributed by atoms with van der Waals surface area (Å²) < 4.78 is 10.5. The van der Waals surface area contributed by atoms with E-state index in [-0.39, 0.29) is 6.79 Å². The van der Waals surface area contributed by atoms with Gasteiger partial charge in [0.05, 0.1) is 0 Å². The number of hydrogen-bond acceptors (Lipinski definition) is 6. The van der Waals surface area contributed by atoms with Gasteiger partial charge in [-0.2, -0.15) is 4.98 Å². The third-order valence-electron chi connectivity index (χ3n) is 2.64. The summed E-state index contributed by atoms with van der Waals surface area (Å²) in [6.07, 6.45) is 1.68. The van der Waals surface area contributed by atoms with Gasteiger partial charge in [-0.15, -0.1) is 0 Å². The minimum atomic E-state index is 0.257. The summed E-state index contributed by atoms with van der Waals surface area (Å²) in [5, 5.41) is 3.06. The molecule has 3 rings (SSSR count). The Bertz CT molecular complexity index is 601. The average molecular weight is 244 g/mol. The highest BCUT2D eigenvalue weighted by Crippen LogP contribution is 2.34. The zero-order valence-electron chi connectivity index (χ0n) is 9.80. The first-order chi connectivity index (χ1) is 8.72. The fourth-order valence-electron chi connectivity index (χ4n) is 1.62. The zero-order valence-corrected chi connectivity index (χ0v) is 9.80. The van der Waals surface area contributed by atoms with Crippen molar-refractivity contribution < 1.29 is 9.47 Å². The molecule has 0 saturated heterocycles. The van der Waals surface area contributed by atoms with Gasteiger partial charge in [0.1, 0.15) is 5.82 Å². The number of nitrogens with one attached hydrogen (secondary N) is 1. The van der Waals surface area contributed by atoms with Crippen LogP contribution in [0.5, 0.6) is 11.5 Å². The number of benzene rings is 1. The van der Waals surface area contributed by atoms with Crippen LogP contribution >= 0.6 is 0 Å². The molecule has 1 aliphatic rings. The Morgan fingerprint density at radius 2 is 2.11 bits per heavy atom. The Morgan fingerprint density at radius 1 is 1.28 bits per heavy atom. The maximum absolute atomic E-state index is 5.73. The molecule has 1 aliphatic heterocycles. The molecule has 0 unspecified atom stereocenters. The normalized spacial score (nSPS) is 12.5. The van der Waals surface area contributed by atoms with Crippen molar-refractivity contribution in [1.29, 1.82) is 0 Å². The van der Waals surface area contributed by atoms with Crippen LogP contribution in [0.1, 0.15) is 5.56 Å². The lowest BCUT2D eigenvalue weighted by Gasteiger charge is -2.07. The number of aromatic nitrogens is 2. The largest absolute Gasteiger partial charge is 0.454 e. The predicted molar refractivity (Wildman–Crippen MR) is 67.0 cm³/mol. The molecule has 0 aliphatic carbocycles. The summed E-state index contributed by atoms with van der Waals surface area (Å²) in [6.45, 7) is 2.12. The molecule has 0 fully saturated rings. The van der Waals surface area contributed by atoms with Crippen molar-refractivity contribution in [2.24, 2.45) is 0 Å². The molecule has 0 saturated carbocycles. The lowest BCUT2D eigenvalue weighted by Crippen LogP contribution is -2.01. The maximum Gasteiger partial charge on any atom is 0.231 e. The number of nitrogens with zero attached hydrogens (tertiary/aromatic N) is 2. The average Bonchev–Trinajstić information content (AvgIpc) is 2.81. The summed E-state index contributed by atoms with van der Waals surface area (Å²) in [4.78, 5) is 8.30. The second-order valence-corrected chi connectivity index (χ2v) is 3.95. The minimum Gasteiger partial charge on any atom is -0.454 e. The monoisotopic (exact) mass is 244 g/mol. The summed E-state index contributed by atoms with van der Waals surface area (Å²) in [7, 11) is 0. The molecule has 0 spiro atoms. The molecule has 0 atom stereocenters. The quantitative estimate of drug-likeness (QED) is 0.838. The van der Waals surface area contributed by atoms with Gasteiger partial charge in [-0.05, 0) is 19.1 Å². The number of fused-ring (bicyclic) bond motifs is 1. The van der Waals surface area contributed by atoms with Crippen LogP contribution in [0.3, 0.4) is 0 Å². The molecular weight excluding hydrogens is 232 g/mol. The van der Waals surface area contributed by atoms with E-state index in [2.05, 4.69) is 15.3 Å². The van der Waals surface area contributed by atoms with E-state index in [4.69, 9.17) is 15.2 Å². The SMILES string of the molecule is Cc1cnc(Nc2ccc3c(c2)OCO3)nc1N. The molecule has 0 bridgehead atoms. The molecule has 6 nitrogen and oxygen atoms in total. The number of anilines is 3. The van der Waals surface area contributed by atoms with Gasteiger partial charge >= 0.3 is 0 Å². The molecule has 1 aromatic heterocycles. The highest BCUT2D eigenvalue weighted by Gasteiger charge is 2.13. The third-order valence-corrected chi connectivity index (χ3v) is 2.64. The Kier molecular flexibility index (Phi) is 2.40.